The average Bonchev–Trinajstić information content (AvgIpc) is 2.56. The standard InChI is InChI=1S/C12H13ClN2O2/c1-6-4-8(13)5-9(10(6)16-3)11-7(2)15-12(14)17-11/h4-5H,1-3H3,(H2,14,15). The van der Waals surface area contributed by atoms with E-state index in [0.717, 1.165) is 11.1 Å². The van der Waals surface area contributed by atoms with Crippen molar-refractivity contribution < 1.29 is 9.15 Å². The molecule has 0 aliphatic heterocycles. The van der Waals surface area contributed by atoms with Crippen LogP contribution in [0.15, 0.2) is 16.5 Å². The van der Waals surface area contributed by atoms with Gasteiger partial charge in [0.2, 0.25) is 0 Å². The van der Waals surface area contributed by atoms with E-state index in [1.807, 2.05) is 19.9 Å². The quantitative estimate of drug-likeness (QED) is 0.892. The van der Waals surface area contributed by atoms with Crippen molar-refractivity contribution in [3.63, 3.8) is 0 Å². The maximum atomic E-state index is 6.04. The summed E-state index contributed by atoms with van der Waals surface area (Å²) < 4.78 is 10.7. The lowest BCUT2D eigenvalue weighted by atomic mass is 10.1. The summed E-state index contributed by atoms with van der Waals surface area (Å²) in [6, 6.07) is 3.75. The van der Waals surface area contributed by atoms with Crippen molar-refractivity contribution in [3.8, 4) is 17.1 Å². The minimum absolute atomic E-state index is 0.136. The molecule has 0 amide bonds. The summed E-state index contributed by atoms with van der Waals surface area (Å²) in [6.45, 7) is 3.74. The first-order valence-corrected chi connectivity index (χ1v) is 5.48. The Morgan fingerprint density at radius 3 is 2.59 bits per heavy atom. The number of nitrogen functional groups attached to an aromatic ring is 1. The molecule has 0 radical (unpaired) electrons. The van der Waals surface area contributed by atoms with E-state index in [1.54, 1.807) is 13.2 Å². The molecule has 17 heavy (non-hydrogen) atoms. The number of aromatic nitrogens is 1. The molecule has 1 aromatic heterocycles. The predicted molar refractivity (Wildman–Crippen MR) is 67.4 cm³/mol. The smallest absolute Gasteiger partial charge is 0.292 e. The van der Waals surface area contributed by atoms with Gasteiger partial charge in [-0.05, 0) is 31.5 Å². The Bertz CT molecular complexity index is 564. The van der Waals surface area contributed by atoms with Crippen LogP contribution in [0.25, 0.3) is 11.3 Å². The Kier molecular flexibility index (Phi) is 2.98. The molecule has 2 aromatic rings. The third-order valence-electron chi connectivity index (χ3n) is 2.50. The Labute approximate surface area is 104 Å². The highest BCUT2D eigenvalue weighted by Gasteiger charge is 2.17. The molecule has 0 unspecified atom stereocenters. The van der Waals surface area contributed by atoms with E-state index in [-0.39, 0.29) is 6.01 Å². The lowest BCUT2D eigenvalue weighted by molar-refractivity contribution is 0.411. The van der Waals surface area contributed by atoms with Crippen molar-refractivity contribution in [1.29, 1.82) is 0 Å². The molecule has 0 fully saturated rings. The number of methoxy groups -OCH3 is 1. The molecular weight excluding hydrogens is 240 g/mol. The van der Waals surface area contributed by atoms with E-state index < -0.39 is 0 Å². The minimum Gasteiger partial charge on any atom is -0.496 e. The Hall–Kier alpha value is -1.68. The monoisotopic (exact) mass is 252 g/mol. The molecule has 2 rings (SSSR count). The van der Waals surface area contributed by atoms with Crippen molar-refractivity contribution >= 4 is 17.6 Å². The third-order valence-corrected chi connectivity index (χ3v) is 2.72. The Morgan fingerprint density at radius 1 is 1.35 bits per heavy atom. The fourth-order valence-electron chi connectivity index (χ4n) is 1.84. The van der Waals surface area contributed by atoms with Crippen LogP contribution in [0.3, 0.4) is 0 Å². The van der Waals surface area contributed by atoms with E-state index in [0.29, 0.717) is 22.2 Å². The van der Waals surface area contributed by atoms with Gasteiger partial charge in [-0.3, -0.25) is 0 Å². The topological polar surface area (TPSA) is 61.3 Å². The van der Waals surface area contributed by atoms with Crippen LogP contribution in [0.4, 0.5) is 6.01 Å². The third kappa shape index (κ3) is 2.08. The molecule has 5 heteroatoms. The molecule has 90 valence electrons. The number of hydrogen-bond donors (Lipinski definition) is 1. The van der Waals surface area contributed by atoms with E-state index >= 15 is 0 Å². The summed E-state index contributed by atoms with van der Waals surface area (Å²) in [4.78, 5) is 4.03. The van der Waals surface area contributed by atoms with Gasteiger partial charge in [-0.2, -0.15) is 4.98 Å². The van der Waals surface area contributed by atoms with Gasteiger partial charge in [0.1, 0.15) is 5.75 Å². The zero-order chi connectivity index (χ0) is 12.6. The number of nitrogens with two attached hydrogens (primary N) is 1. The van der Waals surface area contributed by atoms with Crippen molar-refractivity contribution in [2.45, 2.75) is 13.8 Å². The zero-order valence-corrected chi connectivity index (χ0v) is 10.6. The Balaban J connectivity index is 2.69. The van der Waals surface area contributed by atoms with Gasteiger partial charge in [-0.15, -0.1) is 0 Å². The summed E-state index contributed by atoms with van der Waals surface area (Å²) in [5.41, 5.74) is 7.94. The van der Waals surface area contributed by atoms with Crippen LogP contribution >= 0.6 is 11.6 Å². The van der Waals surface area contributed by atoms with Crippen molar-refractivity contribution in [1.82, 2.24) is 4.98 Å². The van der Waals surface area contributed by atoms with Crippen LogP contribution < -0.4 is 10.5 Å². The lowest BCUT2D eigenvalue weighted by Gasteiger charge is -2.10. The number of ether oxygens (including phenoxy) is 1. The van der Waals surface area contributed by atoms with Crippen LogP contribution in [0.2, 0.25) is 5.02 Å². The molecular formula is C12H13ClN2O2. The van der Waals surface area contributed by atoms with Crippen LogP contribution in [0, 0.1) is 13.8 Å². The van der Waals surface area contributed by atoms with Gasteiger partial charge in [-0.1, -0.05) is 11.6 Å². The molecule has 1 heterocycles. The highest BCUT2D eigenvalue weighted by molar-refractivity contribution is 6.31. The molecule has 0 saturated heterocycles. The molecule has 0 saturated carbocycles. The largest absolute Gasteiger partial charge is 0.496 e. The highest BCUT2D eigenvalue weighted by atomic mass is 35.5. The van der Waals surface area contributed by atoms with Crippen LogP contribution in [-0.4, -0.2) is 12.1 Å². The number of benzene rings is 1. The molecule has 2 N–H and O–H groups in total. The first-order chi connectivity index (χ1) is 8.02. The number of oxazole rings is 1. The second-order valence-electron chi connectivity index (χ2n) is 3.77. The molecule has 4 nitrogen and oxygen atoms in total. The van der Waals surface area contributed by atoms with Gasteiger partial charge in [-0.25, -0.2) is 0 Å². The number of nitrogens with zero attached hydrogens (tertiary/aromatic N) is 1. The second kappa shape index (κ2) is 4.30. The predicted octanol–water partition coefficient (Wildman–Crippen LogP) is 3.20. The number of aryl methyl sites for hydroxylation is 2. The summed E-state index contributed by atoms with van der Waals surface area (Å²) in [5, 5.41) is 0.618. The van der Waals surface area contributed by atoms with Gasteiger partial charge in [0.25, 0.3) is 6.01 Å². The first-order valence-electron chi connectivity index (χ1n) is 5.10. The number of rotatable bonds is 2. The maximum absolute atomic E-state index is 6.04. The summed E-state index contributed by atoms with van der Waals surface area (Å²) >= 11 is 6.04. The molecule has 1 aromatic carbocycles. The van der Waals surface area contributed by atoms with E-state index in [9.17, 15) is 0 Å². The van der Waals surface area contributed by atoms with E-state index in [2.05, 4.69) is 4.98 Å². The molecule has 0 spiro atoms. The van der Waals surface area contributed by atoms with Crippen molar-refractivity contribution in [2.24, 2.45) is 0 Å². The second-order valence-corrected chi connectivity index (χ2v) is 4.21. The summed E-state index contributed by atoms with van der Waals surface area (Å²) in [5.74, 6) is 1.30. The summed E-state index contributed by atoms with van der Waals surface area (Å²) in [6.07, 6.45) is 0. The fourth-order valence-corrected chi connectivity index (χ4v) is 2.11. The zero-order valence-electron chi connectivity index (χ0n) is 9.87. The average molecular weight is 253 g/mol. The van der Waals surface area contributed by atoms with Crippen molar-refractivity contribution in [3.05, 3.63) is 28.4 Å². The van der Waals surface area contributed by atoms with Gasteiger partial charge in [0, 0.05) is 5.02 Å². The van der Waals surface area contributed by atoms with Gasteiger partial charge >= 0.3 is 0 Å². The minimum atomic E-state index is 0.136. The van der Waals surface area contributed by atoms with Gasteiger partial charge in [0.15, 0.2) is 5.76 Å². The number of halogens is 1. The van der Waals surface area contributed by atoms with Crippen LogP contribution in [0.5, 0.6) is 5.75 Å². The van der Waals surface area contributed by atoms with Gasteiger partial charge in [0.05, 0.1) is 18.4 Å². The van der Waals surface area contributed by atoms with Crippen LogP contribution in [0.1, 0.15) is 11.3 Å². The fraction of sp³-hybridized carbons (Fsp3) is 0.250. The first kappa shape index (κ1) is 11.8. The molecule has 0 atom stereocenters. The maximum Gasteiger partial charge on any atom is 0.292 e. The van der Waals surface area contributed by atoms with E-state index in [1.165, 1.54) is 0 Å². The van der Waals surface area contributed by atoms with Gasteiger partial charge < -0.3 is 14.9 Å². The number of anilines is 1. The van der Waals surface area contributed by atoms with Crippen molar-refractivity contribution in [2.75, 3.05) is 12.8 Å². The van der Waals surface area contributed by atoms with Crippen LogP contribution in [-0.2, 0) is 0 Å². The lowest BCUT2D eigenvalue weighted by Crippen LogP contribution is -1.92. The molecule has 0 bridgehead atoms. The molecule has 0 aliphatic carbocycles. The normalized spacial score (nSPS) is 10.6. The van der Waals surface area contributed by atoms with E-state index in [4.69, 9.17) is 26.5 Å². The SMILES string of the molecule is COc1c(C)cc(Cl)cc1-c1oc(N)nc1C. The highest BCUT2D eigenvalue weighted by Crippen LogP contribution is 2.37. The summed E-state index contributed by atoms with van der Waals surface area (Å²) in [7, 11) is 1.61. The molecule has 0 aliphatic rings. The Morgan fingerprint density at radius 2 is 2.06 bits per heavy atom. The number of hydrogen-bond acceptors (Lipinski definition) is 4.